The van der Waals surface area contributed by atoms with Crippen LogP contribution in [0.2, 0.25) is 0 Å². The van der Waals surface area contributed by atoms with E-state index in [1.807, 2.05) is 0 Å². The minimum atomic E-state index is 0.0776. The van der Waals surface area contributed by atoms with E-state index in [2.05, 4.69) is 31.0 Å². The molecule has 2 rings (SSSR count). The molecular formula is C14H26N2O. The number of carbonyl (C=O) groups is 1. The van der Waals surface area contributed by atoms with Gasteiger partial charge >= 0.3 is 0 Å². The van der Waals surface area contributed by atoms with Gasteiger partial charge in [-0.3, -0.25) is 4.79 Å². The van der Waals surface area contributed by atoms with Crippen molar-refractivity contribution in [3.05, 3.63) is 0 Å². The van der Waals surface area contributed by atoms with Crippen molar-refractivity contribution in [2.24, 2.45) is 11.8 Å². The first-order valence-corrected chi connectivity index (χ1v) is 7.11. The van der Waals surface area contributed by atoms with Crippen LogP contribution < -0.4 is 5.32 Å². The zero-order valence-electron chi connectivity index (χ0n) is 11.4. The maximum Gasteiger partial charge on any atom is 0.239 e. The van der Waals surface area contributed by atoms with Crippen molar-refractivity contribution >= 4 is 5.91 Å². The van der Waals surface area contributed by atoms with Gasteiger partial charge in [-0.2, -0.15) is 0 Å². The molecule has 3 unspecified atom stereocenters. The molecular weight excluding hydrogens is 212 g/mol. The van der Waals surface area contributed by atoms with E-state index >= 15 is 0 Å². The maximum atomic E-state index is 12.2. The van der Waals surface area contributed by atoms with Gasteiger partial charge in [0, 0.05) is 19.1 Å². The molecule has 1 aliphatic heterocycles. The number of likely N-dealkylation sites (tertiary alicyclic amines) is 1. The number of nitrogens with one attached hydrogen (secondary N) is 1. The van der Waals surface area contributed by atoms with E-state index < -0.39 is 0 Å². The lowest BCUT2D eigenvalue weighted by Crippen LogP contribution is -2.42. The molecule has 1 N–H and O–H groups in total. The summed E-state index contributed by atoms with van der Waals surface area (Å²) in [5.41, 5.74) is 0. The van der Waals surface area contributed by atoms with E-state index in [0.717, 1.165) is 31.3 Å². The maximum absolute atomic E-state index is 12.2. The summed E-state index contributed by atoms with van der Waals surface area (Å²) in [7, 11) is 0. The lowest BCUT2D eigenvalue weighted by atomic mass is 10.1. The van der Waals surface area contributed by atoms with Crippen molar-refractivity contribution in [2.75, 3.05) is 13.1 Å². The van der Waals surface area contributed by atoms with Crippen molar-refractivity contribution in [2.45, 2.75) is 58.5 Å². The smallest absolute Gasteiger partial charge is 0.239 e. The molecule has 17 heavy (non-hydrogen) atoms. The molecule has 1 heterocycles. The highest BCUT2D eigenvalue weighted by molar-refractivity contribution is 5.84. The third-order valence-corrected chi connectivity index (χ3v) is 4.11. The fourth-order valence-electron chi connectivity index (χ4n) is 3.28. The second kappa shape index (κ2) is 5.38. The summed E-state index contributed by atoms with van der Waals surface area (Å²) < 4.78 is 0. The third-order valence-electron chi connectivity index (χ3n) is 4.11. The molecule has 2 fully saturated rings. The highest BCUT2D eigenvalue weighted by Crippen LogP contribution is 2.31. The van der Waals surface area contributed by atoms with Gasteiger partial charge in [0.2, 0.25) is 5.91 Å². The Morgan fingerprint density at radius 1 is 1.35 bits per heavy atom. The molecule has 1 saturated carbocycles. The first kappa shape index (κ1) is 12.9. The summed E-state index contributed by atoms with van der Waals surface area (Å²) in [5.74, 6) is 1.95. The zero-order valence-corrected chi connectivity index (χ0v) is 11.4. The minimum Gasteiger partial charge on any atom is -0.341 e. The van der Waals surface area contributed by atoms with Crippen LogP contribution in [0.3, 0.4) is 0 Å². The van der Waals surface area contributed by atoms with Gasteiger partial charge in [-0.1, -0.05) is 27.2 Å². The fourth-order valence-corrected chi connectivity index (χ4v) is 3.28. The van der Waals surface area contributed by atoms with E-state index in [4.69, 9.17) is 0 Å². The van der Waals surface area contributed by atoms with Crippen LogP contribution in [-0.4, -0.2) is 36.0 Å². The van der Waals surface area contributed by atoms with E-state index in [1.165, 1.54) is 19.3 Å². The molecule has 1 amide bonds. The molecule has 0 aromatic heterocycles. The Morgan fingerprint density at radius 3 is 2.71 bits per heavy atom. The highest BCUT2D eigenvalue weighted by atomic mass is 16.2. The standard InChI is InChI=1S/C14H26N2O/c1-10(2)15-13-6-7-16(14(13)17)9-12-5-4-11(3)8-12/h10-13,15H,4-9H2,1-3H3. The van der Waals surface area contributed by atoms with Gasteiger partial charge < -0.3 is 10.2 Å². The van der Waals surface area contributed by atoms with Gasteiger partial charge in [0.15, 0.2) is 0 Å². The second-order valence-electron chi connectivity index (χ2n) is 6.23. The largest absolute Gasteiger partial charge is 0.341 e. The van der Waals surface area contributed by atoms with Gasteiger partial charge in [-0.05, 0) is 31.1 Å². The summed E-state index contributed by atoms with van der Waals surface area (Å²) in [5, 5.41) is 3.36. The van der Waals surface area contributed by atoms with Gasteiger partial charge in [0.05, 0.1) is 6.04 Å². The normalized spacial score (nSPS) is 34.0. The second-order valence-corrected chi connectivity index (χ2v) is 6.23. The van der Waals surface area contributed by atoms with Crippen LogP contribution in [0.15, 0.2) is 0 Å². The molecule has 1 aliphatic carbocycles. The van der Waals surface area contributed by atoms with E-state index in [1.54, 1.807) is 0 Å². The quantitative estimate of drug-likeness (QED) is 0.812. The van der Waals surface area contributed by atoms with Crippen LogP contribution in [0.4, 0.5) is 0 Å². The molecule has 0 radical (unpaired) electrons. The SMILES string of the molecule is CC1CCC(CN2CCC(NC(C)C)C2=O)C1. The first-order valence-electron chi connectivity index (χ1n) is 7.11. The number of carbonyl (C=O) groups excluding carboxylic acids is 1. The topological polar surface area (TPSA) is 32.3 Å². The number of nitrogens with zero attached hydrogens (tertiary/aromatic N) is 1. The predicted octanol–water partition coefficient (Wildman–Crippen LogP) is 2.02. The first-order chi connectivity index (χ1) is 8.06. The highest BCUT2D eigenvalue weighted by Gasteiger charge is 2.34. The van der Waals surface area contributed by atoms with Crippen LogP contribution in [-0.2, 0) is 4.79 Å². The summed E-state index contributed by atoms with van der Waals surface area (Å²) in [6.45, 7) is 8.49. The molecule has 0 aromatic carbocycles. The third kappa shape index (κ3) is 3.21. The lowest BCUT2D eigenvalue weighted by molar-refractivity contribution is -0.130. The Balaban J connectivity index is 1.81. The number of hydrogen-bond acceptors (Lipinski definition) is 2. The molecule has 2 aliphatic rings. The number of rotatable bonds is 4. The fraction of sp³-hybridized carbons (Fsp3) is 0.929. The monoisotopic (exact) mass is 238 g/mol. The molecule has 0 aromatic rings. The Bertz CT molecular complexity index is 277. The predicted molar refractivity (Wildman–Crippen MR) is 69.8 cm³/mol. The van der Waals surface area contributed by atoms with Crippen molar-refractivity contribution in [1.29, 1.82) is 0 Å². The summed E-state index contributed by atoms with van der Waals surface area (Å²) in [6, 6.07) is 0.476. The Kier molecular flexibility index (Phi) is 4.08. The molecule has 3 heteroatoms. The van der Waals surface area contributed by atoms with E-state index in [-0.39, 0.29) is 6.04 Å². The van der Waals surface area contributed by atoms with Crippen molar-refractivity contribution in [3.63, 3.8) is 0 Å². The number of amides is 1. The van der Waals surface area contributed by atoms with Gasteiger partial charge in [-0.15, -0.1) is 0 Å². The lowest BCUT2D eigenvalue weighted by Gasteiger charge is -2.21. The average Bonchev–Trinajstić information content (AvgIpc) is 2.79. The molecule has 0 bridgehead atoms. The van der Waals surface area contributed by atoms with Crippen molar-refractivity contribution in [3.8, 4) is 0 Å². The average molecular weight is 238 g/mol. The van der Waals surface area contributed by atoms with Gasteiger partial charge in [0.1, 0.15) is 0 Å². The molecule has 98 valence electrons. The molecule has 3 nitrogen and oxygen atoms in total. The van der Waals surface area contributed by atoms with Gasteiger partial charge in [0.25, 0.3) is 0 Å². The summed E-state index contributed by atoms with van der Waals surface area (Å²) in [4.78, 5) is 14.3. The number of hydrogen-bond donors (Lipinski definition) is 1. The minimum absolute atomic E-state index is 0.0776. The molecule has 3 atom stereocenters. The van der Waals surface area contributed by atoms with Crippen LogP contribution in [0.25, 0.3) is 0 Å². The molecule has 1 saturated heterocycles. The van der Waals surface area contributed by atoms with Gasteiger partial charge in [-0.25, -0.2) is 0 Å². The van der Waals surface area contributed by atoms with E-state index in [0.29, 0.717) is 11.9 Å². The Labute approximate surface area is 105 Å². The van der Waals surface area contributed by atoms with Crippen LogP contribution in [0, 0.1) is 11.8 Å². The Morgan fingerprint density at radius 2 is 2.12 bits per heavy atom. The van der Waals surface area contributed by atoms with Crippen molar-refractivity contribution < 1.29 is 4.79 Å². The van der Waals surface area contributed by atoms with Crippen LogP contribution >= 0.6 is 0 Å². The van der Waals surface area contributed by atoms with Crippen molar-refractivity contribution in [1.82, 2.24) is 10.2 Å². The summed E-state index contributed by atoms with van der Waals surface area (Å²) in [6.07, 6.45) is 4.96. The summed E-state index contributed by atoms with van der Waals surface area (Å²) >= 11 is 0. The Hall–Kier alpha value is -0.570. The zero-order chi connectivity index (χ0) is 12.4. The molecule has 0 spiro atoms. The van der Waals surface area contributed by atoms with Crippen LogP contribution in [0.5, 0.6) is 0 Å². The van der Waals surface area contributed by atoms with Crippen LogP contribution in [0.1, 0.15) is 46.5 Å². The van der Waals surface area contributed by atoms with E-state index in [9.17, 15) is 4.79 Å².